The topological polar surface area (TPSA) is 0 Å². The van der Waals surface area contributed by atoms with Crippen molar-refractivity contribution in [1.29, 1.82) is 0 Å². The highest BCUT2D eigenvalue weighted by Gasteiger charge is 1.95. The van der Waals surface area contributed by atoms with Crippen molar-refractivity contribution in [1.82, 2.24) is 0 Å². The third-order valence-electron chi connectivity index (χ3n) is 0.820. The van der Waals surface area contributed by atoms with E-state index in [9.17, 15) is 4.39 Å². The van der Waals surface area contributed by atoms with Crippen molar-refractivity contribution in [2.75, 3.05) is 0 Å². The van der Waals surface area contributed by atoms with Gasteiger partial charge in [0.25, 0.3) is 0 Å². The molecule has 0 nitrogen and oxygen atoms in total. The third kappa shape index (κ3) is 4.17. The van der Waals surface area contributed by atoms with Crippen molar-refractivity contribution in [3.05, 3.63) is 12.7 Å². The smallest absolute Gasteiger partial charge is 0.0969 e. The molecule has 0 rings (SSSR count). The summed E-state index contributed by atoms with van der Waals surface area (Å²) in [4.78, 5) is 0. The highest BCUT2D eigenvalue weighted by atomic mass is 29.5. The molecule has 1 atom stereocenters. The van der Waals surface area contributed by atoms with E-state index in [4.69, 9.17) is 0 Å². The first-order valence-electron chi connectivity index (χ1n) is 2.58. The lowest BCUT2D eigenvalue weighted by Crippen LogP contribution is -2.15. The fourth-order valence-electron chi connectivity index (χ4n) is 0.394. The Hall–Kier alpha value is 0.321. The Balaban J connectivity index is 2.98. The summed E-state index contributed by atoms with van der Waals surface area (Å²) in [5.74, 6) is -0.552. The molecule has 0 heterocycles. The van der Waals surface area contributed by atoms with Gasteiger partial charge in [0.05, 0.1) is 14.8 Å². The molecule has 0 fully saturated rings. The zero-order valence-corrected chi connectivity index (χ0v) is 9.48. The average Bonchev–Trinajstić information content (AvgIpc) is 1.68. The summed E-state index contributed by atoms with van der Waals surface area (Å²) in [5, 5.41) is 0. The van der Waals surface area contributed by atoms with Crippen LogP contribution < -0.4 is 0 Å². The van der Waals surface area contributed by atoms with E-state index in [2.05, 4.69) is 6.58 Å². The predicted molar refractivity (Wildman–Crippen MR) is 42.1 cm³/mol. The number of hydrogen-bond acceptors (Lipinski definition) is 0. The van der Waals surface area contributed by atoms with Gasteiger partial charge in [-0.2, -0.15) is 0 Å². The van der Waals surface area contributed by atoms with Crippen molar-refractivity contribution < 1.29 is 4.39 Å². The number of halogens is 1. The van der Waals surface area contributed by atoms with Crippen LogP contribution in [0.1, 0.15) is 0 Å². The number of hydrogen-bond donors (Lipinski definition) is 0. The van der Waals surface area contributed by atoms with Crippen molar-refractivity contribution >= 4 is 27.4 Å². The Morgan fingerprint density at radius 2 is 2.43 bits per heavy atom. The fraction of sp³-hybridized carbons (Fsp3) is 0.333. The molecule has 0 spiro atoms. The van der Waals surface area contributed by atoms with Gasteiger partial charge < -0.3 is 0 Å². The van der Waals surface area contributed by atoms with E-state index in [1.165, 1.54) is 15.8 Å². The molecule has 7 heavy (non-hydrogen) atoms. The van der Waals surface area contributed by atoms with Crippen LogP contribution in [0.4, 0.5) is 4.39 Å². The second-order valence-electron chi connectivity index (χ2n) is 1.54. The van der Waals surface area contributed by atoms with Gasteiger partial charge in [0, 0.05) is 0 Å². The van der Waals surface area contributed by atoms with Gasteiger partial charge in [-0.25, -0.2) is 4.39 Å². The summed E-state index contributed by atoms with van der Waals surface area (Å²) in [6, 6.07) is 0. The zero-order chi connectivity index (χ0) is 5.70. The minimum absolute atomic E-state index is 0.187. The molecule has 0 aromatic carbocycles. The molecule has 0 aliphatic heterocycles. The number of alkyl halides is 1. The highest BCUT2D eigenvalue weighted by molar-refractivity contribution is 7.24. The third-order valence-corrected chi connectivity index (χ3v) is 10.9. The molecule has 4 heteroatoms. The summed E-state index contributed by atoms with van der Waals surface area (Å²) in [5.41, 5.74) is 0. The van der Waals surface area contributed by atoms with Crippen LogP contribution in [0.15, 0.2) is 12.7 Å². The Bertz CT molecular complexity index is 56.1. The van der Waals surface area contributed by atoms with E-state index < -0.39 is 5.79 Å². The number of allylic oxidation sites excluding steroid dienone is 1. The maximum absolute atomic E-state index is 12.1. The van der Waals surface area contributed by atoms with Crippen LogP contribution in [0.5, 0.6) is 0 Å². The predicted octanol–water partition coefficient (Wildman–Crippen LogP) is -2.00. The largest absolute Gasteiger partial charge is 0.248 e. The Morgan fingerprint density at radius 1 is 1.86 bits per heavy atom. The van der Waals surface area contributed by atoms with Gasteiger partial charge in [0.15, 0.2) is 0 Å². The summed E-state index contributed by atoms with van der Waals surface area (Å²) in [6.45, 7) is 3.38. The Morgan fingerprint density at radius 3 is 2.57 bits per heavy atom. The lowest BCUT2D eigenvalue weighted by Gasteiger charge is -1.92. The molecular formula is C3H11FSi3. The maximum atomic E-state index is 12.1. The quantitative estimate of drug-likeness (QED) is 0.323. The van der Waals surface area contributed by atoms with Crippen molar-refractivity contribution in [3.63, 3.8) is 0 Å². The lowest BCUT2D eigenvalue weighted by molar-refractivity contribution is 0.510. The van der Waals surface area contributed by atoms with Gasteiger partial charge in [-0.05, 0) is 18.3 Å². The van der Waals surface area contributed by atoms with Crippen LogP contribution in [0, 0.1) is 0 Å². The summed E-state index contributed by atoms with van der Waals surface area (Å²) in [6.07, 6.45) is 1.46. The molecule has 0 radical (unpaired) electrons. The molecule has 0 aromatic heterocycles. The van der Waals surface area contributed by atoms with Gasteiger partial charge in [-0.3, -0.25) is 0 Å². The summed E-state index contributed by atoms with van der Waals surface area (Å²) in [7, 11) is 1.25. The minimum atomic E-state index is -0.552. The second kappa shape index (κ2) is 4.48. The van der Waals surface area contributed by atoms with E-state index in [-0.39, 0.29) is 17.6 Å². The van der Waals surface area contributed by atoms with Gasteiger partial charge in [0.1, 0.15) is 0 Å². The first-order valence-corrected chi connectivity index (χ1v) is 13.0. The van der Waals surface area contributed by atoms with Crippen LogP contribution in [0.25, 0.3) is 0 Å². The molecule has 0 saturated heterocycles. The molecule has 0 aliphatic carbocycles. The van der Waals surface area contributed by atoms with E-state index in [0.717, 1.165) is 0 Å². The molecule has 1 unspecified atom stereocenters. The maximum Gasteiger partial charge on any atom is 0.0969 e. The van der Waals surface area contributed by atoms with E-state index in [1.807, 2.05) is 0 Å². The lowest BCUT2D eigenvalue weighted by atomic mass is 10.7. The highest BCUT2D eigenvalue weighted by Crippen LogP contribution is 1.84. The van der Waals surface area contributed by atoms with E-state index >= 15 is 0 Å². The number of rotatable bonds is 3. The summed E-state index contributed by atoms with van der Waals surface area (Å²) >= 11 is 0. The SMILES string of the molecule is C=CC(F)[SiH2][SiH2][SiH3]. The molecule has 0 bridgehead atoms. The standard InChI is InChI=1S/C3H11FSi3/c1-2-3(4)6-7-5/h2-3H,1,6-7H2,5H3. The molecule has 0 saturated carbocycles. The van der Waals surface area contributed by atoms with Crippen LogP contribution in [0.2, 0.25) is 0 Å². The van der Waals surface area contributed by atoms with Crippen molar-refractivity contribution in [2.45, 2.75) is 5.79 Å². The van der Waals surface area contributed by atoms with E-state index in [1.54, 1.807) is 0 Å². The average molecular weight is 150 g/mol. The first-order chi connectivity index (χ1) is 3.31. The normalized spacial score (nSPS) is 17.3. The first kappa shape index (κ1) is 7.32. The van der Waals surface area contributed by atoms with Crippen molar-refractivity contribution in [2.24, 2.45) is 0 Å². The fourth-order valence-corrected chi connectivity index (χ4v) is 8.51. The van der Waals surface area contributed by atoms with Crippen LogP contribution in [0.3, 0.4) is 0 Å². The van der Waals surface area contributed by atoms with Gasteiger partial charge in [0.2, 0.25) is 0 Å². The minimum Gasteiger partial charge on any atom is -0.248 e. The monoisotopic (exact) mass is 150 g/mol. The van der Waals surface area contributed by atoms with E-state index in [0.29, 0.717) is 0 Å². The summed E-state index contributed by atoms with van der Waals surface area (Å²) < 4.78 is 12.1. The van der Waals surface area contributed by atoms with Crippen LogP contribution in [-0.2, 0) is 0 Å². The van der Waals surface area contributed by atoms with Gasteiger partial charge >= 0.3 is 0 Å². The van der Waals surface area contributed by atoms with Crippen molar-refractivity contribution in [3.8, 4) is 0 Å². The second-order valence-corrected chi connectivity index (χ2v) is 17.6. The Labute approximate surface area is 50.8 Å². The Kier molecular flexibility index (Phi) is 4.68. The molecular weight excluding hydrogens is 139 g/mol. The van der Waals surface area contributed by atoms with Gasteiger partial charge in [-0.15, -0.1) is 6.58 Å². The zero-order valence-electron chi connectivity index (χ0n) is 4.65. The van der Waals surface area contributed by atoms with Gasteiger partial charge in [-0.1, -0.05) is 6.08 Å². The molecule has 42 valence electrons. The molecule has 0 aliphatic rings. The molecule has 0 N–H and O–H groups in total. The van der Waals surface area contributed by atoms with Crippen LogP contribution in [-0.4, -0.2) is 33.1 Å². The molecule has 0 aromatic rings. The molecule has 0 amide bonds. The van der Waals surface area contributed by atoms with Crippen LogP contribution >= 0.6 is 0 Å².